The third-order valence-corrected chi connectivity index (χ3v) is 3.12. The van der Waals surface area contributed by atoms with Gasteiger partial charge in [0, 0.05) is 30.6 Å². The number of nitrogens with one attached hydrogen (secondary N) is 1. The molecule has 0 aliphatic heterocycles. The van der Waals surface area contributed by atoms with Gasteiger partial charge in [0.25, 0.3) is 5.69 Å². The predicted octanol–water partition coefficient (Wildman–Crippen LogP) is 2.14. The molecule has 0 bridgehead atoms. The maximum absolute atomic E-state index is 10.9. The molecule has 0 saturated heterocycles. The molecule has 1 aromatic heterocycles. The fourth-order valence-electron chi connectivity index (χ4n) is 1.65. The van der Waals surface area contributed by atoms with Gasteiger partial charge in [-0.1, -0.05) is 15.9 Å². The van der Waals surface area contributed by atoms with Crippen LogP contribution in [0.2, 0.25) is 0 Å². The van der Waals surface area contributed by atoms with Gasteiger partial charge < -0.3 is 9.88 Å². The van der Waals surface area contributed by atoms with Crippen molar-refractivity contribution in [1.82, 2.24) is 14.8 Å². The molecule has 0 aliphatic rings. The summed E-state index contributed by atoms with van der Waals surface area (Å²) in [7, 11) is 1.86. The van der Waals surface area contributed by atoms with Crippen LogP contribution < -0.4 is 5.32 Å². The van der Waals surface area contributed by atoms with Crippen molar-refractivity contribution in [3.63, 3.8) is 0 Å². The quantitative estimate of drug-likeness (QED) is 0.672. The maximum atomic E-state index is 10.9. The number of nitro groups is 1. The van der Waals surface area contributed by atoms with Crippen molar-refractivity contribution in [2.24, 2.45) is 7.05 Å². The number of benzene rings is 1. The van der Waals surface area contributed by atoms with E-state index in [2.05, 4.69) is 31.4 Å². The highest BCUT2D eigenvalue weighted by Crippen LogP contribution is 2.27. The molecule has 0 atom stereocenters. The highest BCUT2D eigenvalue weighted by molar-refractivity contribution is 9.10. The highest BCUT2D eigenvalue weighted by Gasteiger charge is 2.13. The first-order chi connectivity index (χ1) is 9.08. The van der Waals surface area contributed by atoms with E-state index in [1.165, 1.54) is 6.07 Å². The number of nitrogens with zero attached hydrogens (tertiary/aromatic N) is 4. The fraction of sp³-hybridized carbons (Fsp3) is 0.273. The van der Waals surface area contributed by atoms with Gasteiger partial charge in [-0.2, -0.15) is 0 Å². The van der Waals surface area contributed by atoms with Crippen molar-refractivity contribution in [1.29, 1.82) is 0 Å². The van der Waals surface area contributed by atoms with Crippen LogP contribution in [-0.2, 0) is 13.5 Å². The number of hydrogen-bond donors (Lipinski definition) is 1. The molecule has 2 rings (SSSR count). The Labute approximate surface area is 117 Å². The predicted molar refractivity (Wildman–Crippen MR) is 74.0 cm³/mol. The number of rotatable bonds is 5. The first-order valence-electron chi connectivity index (χ1n) is 5.58. The lowest BCUT2D eigenvalue weighted by atomic mass is 10.2. The Morgan fingerprint density at radius 2 is 2.32 bits per heavy atom. The summed E-state index contributed by atoms with van der Waals surface area (Å²) in [5.41, 5.74) is 0.544. The summed E-state index contributed by atoms with van der Waals surface area (Å²) in [6.07, 6.45) is 2.27. The summed E-state index contributed by atoms with van der Waals surface area (Å²) in [5.74, 6) is 0.826. The van der Waals surface area contributed by atoms with Gasteiger partial charge in [-0.05, 0) is 12.1 Å². The monoisotopic (exact) mass is 325 g/mol. The largest absolute Gasteiger partial charge is 0.379 e. The molecule has 1 aromatic carbocycles. The summed E-state index contributed by atoms with van der Waals surface area (Å²) in [6, 6.07) is 4.92. The lowest BCUT2D eigenvalue weighted by molar-refractivity contribution is -0.384. The molecule has 2 aromatic rings. The molecule has 7 nitrogen and oxygen atoms in total. The zero-order valence-electron chi connectivity index (χ0n) is 10.2. The molecule has 1 heterocycles. The van der Waals surface area contributed by atoms with Gasteiger partial charge in [-0.15, -0.1) is 10.2 Å². The Kier molecular flexibility index (Phi) is 4.10. The van der Waals surface area contributed by atoms with Crippen molar-refractivity contribution >= 4 is 27.3 Å². The smallest absolute Gasteiger partial charge is 0.293 e. The molecule has 0 radical (unpaired) electrons. The molecule has 1 N–H and O–H groups in total. The standard InChI is InChI=1S/C11H12BrN5O2/c1-16-7-14-15-11(16)4-5-13-9-3-2-8(12)6-10(9)17(18)19/h2-3,6-7,13H,4-5H2,1H3. The van der Waals surface area contributed by atoms with Crippen LogP contribution in [-0.4, -0.2) is 26.2 Å². The van der Waals surface area contributed by atoms with Crippen molar-refractivity contribution in [2.75, 3.05) is 11.9 Å². The minimum atomic E-state index is -0.407. The lowest BCUT2D eigenvalue weighted by Crippen LogP contribution is -2.09. The molecule has 0 unspecified atom stereocenters. The Morgan fingerprint density at radius 1 is 1.53 bits per heavy atom. The topological polar surface area (TPSA) is 85.9 Å². The third-order valence-electron chi connectivity index (χ3n) is 2.63. The Hall–Kier alpha value is -1.96. The zero-order chi connectivity index (χ0) is 13.8. The molecule has 0 fully saturated rings. The van der Waals surface area contributed by atoms with Crippen molar-refractivity contribution in [3.8, 4) is 0 Å². The van der Waals surface area contributed by atoms with Crippen LogP contribution in [0.5, 0.6) is 0 Å². The van der Waals surface area contributed by atoms with Crippen LogP contribution >= 0.6 is 15.9 Å². The van der Waals surface area contributed by atoms with Gasteiger partial charge in [0.15, 0.2) is 0 Å². The van der Waals surface area contributed by atoms with Crippen LogP contribution in [0.15, 0.2) is 29.0 Å². The van der Waals surface area contributed by atoms with E-state index in [0.717, 1.165) is 5.82 Å². The molecule has 0 saturated carbocycles. The summed E-state index contributed by atoms with van der Waals surface area (Å²) < 4.78 is 2.50. The molecular weight excluding hydrogens is 314 g/mol. The average Bonchev–Trinajstić information content (AvgIpc) is 2.77. The van der Waals surface area contributed by atoms with Gasteiger partial charge in [-0.25, -0.2) is 0 Å². The second-order valence-corrected chi connectivity index (χ2v) is 4.87. The normalized spacial score (nSPS) is 10.4. The fourth-order valence-corrected chi connectivity index (χ4v) is 2.00. The molecule has 8 heteroatoms. The Morgan fingerprint density at radius 3 is 2.95 bits per heavy atom. The molecule has 19 heavy (non-hydrogen) atoms. The molecule has 100 valence electrons. The third kappa shape index (κ3) is 3.28. The number of halogens is 1. The van der Waals surface area contributed by atoms with Crippen LogP contribution in [0.3, 0.4) is 0 Å². The van der Waals surface area contributed by atoms with E-state index in [-0.39, 0.29) is 5.69 Å². The SMILES string of the molecule is Cn1cnnc1CCNc1ccc(Br)cc1[N+](=O)[O-]. The number of aryl methyl sites for hydroxylation is 1. The maximum Gasteiger partial charge on any atom is 0.293 e. The number of aromatic nitrogens is 3. The van der Waals surface area contributed by atoms with E-state index >= 15 is 0 Å². The molecule has 0 amide bonds. The average molecular weight is 326 g/mol. The van der Waals surface area contributed by atoms with E-state index in [9.17, 15) is 10.1 Å². The highest BCUT2D eigenvalue weighted by atomic mass is 79.9. The first kappa shape index (κ1) is 13.5. The van der Waals surface area contributed by atoms with Gasteiger partial charge in [0.2, 0.25) is 0 Å². The lowest BCUT2D eigenvalue weighted by Gasteiger charge is -2.07. The van der Waals surface area contributed by atoms with Crippen LogP contribution in [0.4, 0.5) is 11.4 Å². The van der Waals surface area contributed by atoms with Crippen LogP contribution in [0.1, 0.15) is 5.82 Å². The Bertz CT molecular complexity index is 599. The second-order valence-electron chi connectivity index (χ2n) is 3.95. The summed E-state index contributed by atoms with van der Waals surface area (Å²) >= 11 is 3.22. The van der Waals surface area contributed by atoms with Gasteiger partial charge >= 0.3 is 0 Å². The Balaban J connectivity index is 2.03. The van der Waals surface area contributed by atoms with Crippen molar-refractivity contribution < 1.29 is 4.92 Å². The second kappa shape index (κ2) is 5.79. The minimum absolute atomic E-state index is 0.0485. The van der Waals surface area contributed by atoms with E-state index in [4.69, 9.17) is 0 Å². The van der Waals surface area contributed by atoms with E-state index < -0.39 is 4.92 Å². The summed E-state index contributed by atoms with van der Waals surface area (Å²) in [5, 5.41) is 21.7. The molecule has 0 aliphatic carbocycles. The first-order valence-corrected chi connectivity index (χ1v) is 6.38. The van der Waals surface area contributed by atoms with Gasteiger partial charge in [-0.3, -0.25) is 10.1 Å². The number of hydrogen-bond acceptors (Lipinski definition) is 5. The van der Waals surface area contributed by atoms with Crippen molar-refractivity contribution in [2.45, 2.75) is 6.42 Å². The van der Waals surface area contributed by atoms with E-state index in [1.807, 2.05) is 11.6 Å². The number of nitro benzene ring substituents is 1. The van der Waals surface area contributed by atoms with Gasteiger partial charge in [0.05, 0.1) is 4.92 Å². The summed E-state index contributed by atoms with van der Waals surface area (Å²) in [6.45, 7) is 0.551. The summed E-state index contributed by atoms with van der Waals surface area (Å²) in [4.78, 5) is 10.5. The number of anilines is 1. The zero-order valence-corrected chi connectivity index (χ0v) is 11.8. The van der Waals surface area contributed by atoms with Crippen LogP contribution in [0, 0.1) is 10.1 Å². The van der Waals surface area contributed by atoms with Gasteiger partial charge in [0.1, 0.15) is 17.8 Å². The van der Waals surface area contributed by atoms with E-state index in [1.54, 1.807) is 18.5 Å². The molecular formula is C11H12BrN5O2. The van der Waals surface area contributed by atoms with E-state index in [0.29, 0.717) is 23.1 Å². The molecule has 0 spiro atoms. The van der Waals surface area contributed by atoms with Crippen molar-refractivity contribution in [3.05, 3.63) is 44.9 Å². The van der Waals surface area contributed by atoms with Crippen LogP contribution in [0.25, 0.3) is 0 Å². The minimum Gasteiger partial charge on any atom is -0.379 e.